The number of hydrogen-bond acceptors (Lipinski definition) is 5. The van der Waals surface area contributed by atoms with Crippen LogP contribution in [-0.2, 0) is 13.0 Å². The molecule has 0 radical (unpaired) electrons. The fraction of sp³-hybridized carbons (Fsp3) is 0.400. The number of nitrogens with one attached hydrogen (secondary N) is 1. The van der Waals surface area contributed by atoms with E-state index in [1.165, 1.54) is 0 Å². The van der Waals surface area contributed by atoms with Crippen LogP contribution in [-0.4, -0.2) is 15.0 Å². The van der Waals surface area contributed by atoms with Crippen LogP contribution in [0.2, 0.25) is 0 Å². The van der Waals surface area contributed by atoms with Gasteiger partial charge in [0.25, 0.3) is 0 Å². The molecule has 0 bridgehead atoms. The van der Waals surface area contributed by atoms with Crippen molar-refractivity contribution in [3.05, 3.63) is 39.9 Å². The summed E-state index contributed by atoms with van der Waals surface area (Å²) < 4.78 is 0.913. The SMILES string of the molecule is CCCCc1nc(C)cc(NCc2cc(Br)cnc2N)n1. The van der Waals surface area contributed by atoms with Gasteiger partial charge in [0.2, 0.25) is 0 Å². The third-order valence-electron chi connectivity index (χ3n) is 3.08. The molecule has 21 heavy (non-hydrogen) atoms. The monoisotopic (exact) mass is 349 g/mol. The molecule has 2 heterocycles. The van der Waals surface area contributed by atoms with Crippen LogP contribution in [0.25, 0.3) is 0 Å². The van der Waals surface area contributed by atoms with Crippen LogP contribution >= 0.6 is 15.9 Å². The lowest BCUT2D eigenvalue weighted by atomic mass is 10.2. The third kappa shape index (κ3) is 4.67. The van der Waals surface area contributed by atoms with Crippen LogP contribution in [0.1, 0.15) is 36.8 Å². The first kappa shape index (κ1) is 15.7. The number of unbranched alkanes of at least 4 members (excludes halogenated alkanes) is 1. The smallest absolute Gasteiger partial charge is 0.130 e. The lowest BCUT2D eigenvalue weighted by Gasteiger charge is -2.10. The Morgan fingerprint density at radius 2 is 2.10 bits per heavy atom. The zero-order chi connectivity index (χ0) is 15.2. The summed E-state index contributed by atoms with van der Waals surface area (Å²) in [7, 11) is 0. The van der Waals surface area contributed by atoms with Gasteiger partial charge < -0.3 is 11.1 Å². The highest BCUT2D eigenvalue weighted by atomic mass is 79.9. The van der Waals surface area contributed by atoms with Gasteiger partial charge in [-0.2, -0.15) is 0 Å². The Kier molecular flexibility index (Phi) is 5.50. The molecule has 2 aromatic rings. The first-order valence-electron chi connectivity index (χ1n) is 7.07. The summed E-state index contributed by atoms with van der Waals surface area (Å²) in [6.07, 6.45) is 4.84. The molecule has 0 aromatic carbocycles. The second-order valence-corrected chi connectivity index (χ2v) is 5.88. The molecule has 0 fully saturated rings. The average molecular weight is 350 g/mol. The number of hydrogen-bond donors (Lipinski definition) is 2. The Balaban J connectivity index is 2.08. The number of nitrogens with two attached hydrogens (primary N) is 1. The highest BCUT2D eigenvalue weighted by Crippen LogP contribution is 2.17. The van der Waals surface area contributed by atoms with Gasteiger partial charge in [0.15, 0.2) is 0 Å². The van der Waals surface area contributed by atoms with E-state index in [0.29, 0.717) is 12.4 Å². The molecule has 0 aliphatic carbocycles. The highest BCUT2D eigenvalue weighted by Gasteiger charge is 2.05. The Morgan fingerprint density at radius 1 is 1.29 bits per heavy atom. The van der Waals surface area contributed by atoms with Crippen molar-refractivity contribution in [3.63, 3.8) is 0 Å². The molecule has 6 heteroatoms. The summed E-state index contributed by atoms with van der Waals surface area (Å²) in [6.45, 7) is 4.73. The minimum Gasteiger partial charge on any atom is -0.383 e. The highest BCUT2D eigenvalue weighted by molar-refractivity contribution is 9.10. The number of aryl methyl sites for hydroxylation is 2. The van der Waals surface area contributed by atoms with Crippen molar-refractivity contribution in [3.8, 4) is 0 Å². The Morgan fingerprint density at radius 3 is 2.86 bits per heavy atom. The third-order valence-corrected chi connectivity index (χ3v) is 3.52. The number of aromatic nitrogens is 3. The molecular weight excluding hydrogens is 330 g/mol. The average Bonchev–Trinajstić information content (AvgIpc) is 2.45. The van der Waals surface area contributed by atoms with Crippen LogP contribution < -0.4 is 11.1 Å². The summed E-state index contributed by atoms with van der Waals surface area (Å²) in [5.74, 6) is 2.25. The van der Waals surface area contributed by atoms with E-state index in [9.17, 15) is 0 Å². The Labute approximate surface area is 133 Å². The zero-order valence-corrected chi connectivity index (χ0v) is 13.9. The number of anilines is 2. The van der Waals surface area contributed by atoms with Gasteiger partial charge in [-0.05, 0) is 35.3 Å². The van der Waals surface area contributed by atoms with Crippen LogP contribution in [0.4, 0.5) is 11.6 Å². The largest absolute Gasteiger partial charge is 0.383 e. The second-order valence-electron chi connectivity index (χ2n) is 4.97. The number of nitrogen functional groups attached to an aromatic ring is 1. The molecule has 0 atom stereocenters. The van der Waals surface area contributed by atoms with Crippen LogP contribution in [0.15, 0.2) is 22.8 Å². The topological polar surface area (TPSA) is 76.7 Å². The molecule has 0 amide bonds. The van der Waals surface area contributed by atoms with E-state index in [0.717, 1.165) is 46.6 Å². The molecule has 0 saturated carbocycles. The van der Waals surface area contributed by atoms with Gasteiger partial charge in [-0.15, -0.1) is 0 Å². The van der Waals surface area contributed by atoms with E-state index in [2.05, 4.69) is 43.1 Å². The summed E-state index contributed by atoms with van der Waals surface area (Å²) >= 11 is 3.40. The van der Waals surface area contributed by atoms with E-state index < -0.39 is 0 Å². The minimum atomic E-state index is 0.530. The second kappa shape index (κ2) is 7.36. The van der Waals surface area contributed by atoms with Gasteiger partial charge in [0.1, 0.15) is 17.5 Å². The van der Waals surface area contributed by atoms with Crippen molar-refractivity contribution < 1.29 is 0 Å². The van der Waals surface area contributed by atoms with Crippen molar-refractivity contribution in [2.24, 2.45) is 0 Å². The molecule has 2 rings (SSSR count). The van der Waals surface area contributed by atoms with Crippen molar-refractivity contribution >= 4 is 27.6 Å². The molecule has 0 unspecified atom stereocenters. The van der Waals surface area contributed by atoms with Crippen molar-refractivity contribution in [1.82, 2.24) is 15.0 Å². The summed E-state index contributed by atoms with van der Waals surface area (Å²) in [5.41, 5.74) is 7.79. The van der Waals surface area contributed by atoms with Crippen molar-refractivity contribution in [2.75, 3.05) is 11.1 Å². The van der Waals surface area contributed by atoms with Gasteiger partial charge in [0.05, 0.1) is 0 Å². The summed E-state index contributed by atoms with van der Waals surface area (Å²) in [4.78, 5) is 13.1. The normalized spacial score (nSPS) is 10.6. The quantitative estimate of drug-likeness (QED) is 0.834. The maximum Gasteiger partial charge on any atom is 0.130 e. The molecular formula is C15H20BrN5. The van der Waals surface area contributed by atoms with Crippen molar-refractivity contribution in [2.45, 2.75) is 39.7 Å². The van der Waals surface area contributed by atoms with Crippen LogP contribution in [0.5, 0.6) is 0 Å². The molecule has 0 aliphatic heterocycles. The van der Waals surface area contributed by atoms with E-state index in [1.54, 1.807) is 6.20 Å². The lowest BCUT2D eigenvalue weighted by Crippen LogP contribution is -2.08. The predicted molar refractivity (Wildman–Crippen MR) is 89.1 cm³/mol. The van der Waals surface area contributed by atoms with E-state index in [1.807, 2.05) is 19.1 Å². The number of rotatable bonds is 6. The fourth-order valence-electron chi connectivity index (χ4n) is 1.99. The van der Waals surface area contributed by atoms with Gasteiger partial charge in [-0.25, -0.2) is 15.0 Å². The maximum atomic E-state index is 5.87. The molecule has 0 spiro atoms. The first-order valence-corrected chi connectivity index (χ1v) is 7.86. The minimum absolute atomic E-state index is 0.530. The number of nitrogens with zero attached hydrogens (tertiary/aromatic N) is 3. The standard InChI is InChI=1S/C15H20BrN5/c1-3-4-5-13-20-10(2)6-14(21-13)18-8-11-7-12(16)9-19-15(11)17/h6-7,9H,3-5,8H2,1-2H3,(H2,17,19)(H,18,20,21). The van der Waals surface area contributed by atoms with Crippen LogP contribution in [0.3, 0.4) is 0 Å². The van der Waals surface area contributed by atoms with Crippen LogP contribution in [0, 0.1) is 6.92 Å². The molecule has 5 nitrogen and oxygen atoms in total. The zero-order valence-electron chi connectivity index (χ0n) is 12.4. The molecule has 112 valence electrons. The lowest BCUT2D eigenvalue weighted by molar-refractivity contribution is 0.748. The predicted octanol–water partition coefficient (Wildman–Crippen LogP) is 3.48. The fourth-order valence-corrected chi connectivity index (χ4v) is 2.37. The molecule has 2 aromatic heterocycles. The molecule has 0 aliphatic rings. The maximum absolute atomic E-state index is 5.87. The van der Waals surface area contributed by atoms with Gasteiger partial charge in [-0.3, -0.25) is 0 Å². The Hall–Kier alpha value is -1.69. The number of pyridine rings is 1. The molecule has 3 N–H and O–H groups in total. The van der Waals surface area contributed by atoms with E-state index >= 15 is 0 Å². The van der Waals surface area contributed by atoms with Gasteiger partial charge in [0, 0.05) is 41.0 Å². The van der Waals surface area contributed by atoms with Gasteiger partial charge >= 0.3 is 0 Å². The van der Waals surface area contributed by atoms with E-state index in [4.69, 9.17) is 5.73 Å². The summed E-state index contributed by atoms with van der Waals surface area (Å²) in [5, 5.41) is 3.29. The van der Waals surface area contributed by atoms with Crippen molar-refractivity contribution in [1.29, 1.82) is 0 Å². The summed E-state index contributed by atoms with van der Waals surface area (Å²) in [6, 6.07) is 3.90. The van der Waals surface area contributed by atoms with E-state index in [-0.39, 0.29) is 0 Å². The number of halogens is 1. The first-order chi connectivity index (χ1) is 10.1. The van der Waals surface area contributed by atoms with Gasteiger partial charge in [-0.1, -0.05) is 13.3 Å². The molecule has 0 saturated heterocycles. The Bertz CT molecular complexity index is 615.